The molecule has 0 aliphatic heterocycles. The van der Waals surface area contributed by atoms with Gasteiger partial charge in [-0.3, -0.25) is 4.79 Å². The first kappa shape index (κ1) is 12.4. The second-order valence-electron chi connectivity index (χ2n) is 3.12. The van der Waals surface area contributed by atoms with Crippen LogP contribution < -0.4 is 14.8 Å². The van der Waals surface area contributed by atoms with Gasteiger partial charge in [-0.25, -0.2) is 0 Å². The lowest BCUT2D eigenvalue weighted by molar-refractivity contribution is -0.123. The summed E-state index contributed by atoms with van der Waals surface area (Å²) in [5.74, 6) is 1.12. The highest BCUT2D eigenvalue weighted by molar-refractivity contribution is 5.77. The highest BCUT2D eigenvalue weighted by Crippen LogP contribution is 2.25. The largest absolute Gasteiger partial charge is 0.490 e. The van der Waals surface area contributed by atoms with Crippen LogP contribution in [0.4, 0.5) is 0 Å². The van der Waals surface area contributed by atoms with Crippen molar-refractivity contribution in [1.29, 1.82) is 0 Å². The van der Waals surface area contributed by atoms with Gasteiger partial charge in [-0.2, -0.15) is 0 Å². The van der Waals surface area contributed by atoms with Crippen molar-refractivity contribution in [3.63, 3.8) is 0 Å². The summed E-state index contributed by atoms with van der Waals surface area (Å²) in [7, 11) is 0. The van der Waals surface area contributed by atoms with Crippen LogP contribution in [-0.2, 0) is 4.79 Å². The molecule has 0 radical (unpaired) electrons. The number of hydrogen-bond acceptors (Lipinski definition) is 3. The summed E-state index contributed by atoms with van der Waals surface area (Å²) in [6.07, 6.45) is 0. The first-order valence-corrected chi connectivity index (χ1v) is 5.39. The molecule has 1 rings (SSSR count). The fourth-order valence-electron chi connectivity index (χ4n) is 1.24. The van der Waals surface area contributed by atoms with E-state index < -0.39 is 0 Å². The highest BCUT2D eigenvalue weighted by atomic mass is 16.5. The van der Waals surface area contributed by atoms with Gasteiger partial charge < -0.3 is 14.8 Å². The number of benzene rings is 1. The zero-order chi connectivity index (χ0) is 11.8. The van der Waals surface area contributed by atoms with Gasteiger partial charge in [-0.05, 0) is 26.0 Å². The lowest BCUT2D eigenvalue weighted by Crippen LogP contribution is -2.28. The number of carbonyl (C=O) groups is 1. The van der Waals surface area contributed by atoms with Gasteiger partial charge in [0.2, 0.25) is 0 Å². The summed E-state index contributed by atoms with van der Waals surface area (Å²) in [5, 5.41) is 2.66. The van der Waals surface area contributed by atoms with Crippen molar-refractivity contribution >= 4 is 5.91 Å². The third-order valence-electron chi connectivity index (χ3n) is 1.88. The molecule has 1 N–H and O–H groups in total. The molecule has 0 aliphatic carbocycles. The van der Waals surface area contributed by atoms with E-state index in [4.69, 9.17) is 9.47 Å². The lowest BCUT2D eigenvalue weighted by atomic mass is 10.3. The van der Waals surface area contributed by atoms with Gasteiger partial charge in [-0.1, -0.05) is 12.1 Å². The van der Waals surface area contributed by atoms with Crippen LogP contribution in [0.2, 0.25) is 0 Å². The number of ether oxygens (including phenoxy) is 2. The number of amides is 1. The van der Waals surface area contributed by atoms with Crippen molar-refractivity contribution in [1.82, 2.24) is 5.32 Å². The molecule has 1 amide bonds. The molecule has 88 valence electrons. The molecule has 0 bridgehead atoms. The Kier molecular flexibility index (Phi) is 5.19. The maximum atomic E-state index is 11.2. The zero-order valence-corrected chi connectivity index (χ0v) is 9.66. The minimum absolute atomic E-state index is 0.0118. The minimum atomic E-state index is -0.131. The Balaban J connectivity index is 2.55. The maximum Gasteiger partial charge on any atom is 0.257 e. The van der Waals surface area contributed by atoms with E-state index in [1.807, 2.05) is 32.0 Å². The molecule has 4 heteroatoms. The van der Waals surface area contributed by atoms with Gasteiger partial charge in [0.15, 0.2) is 18.1 Å². The molecular weight excluding hydrogens is 206 g/mol. The van der Waals surface area contributed by atoms with Crippen molar-refractivity contribution < 1.29 is 14.3 Å². The van der Waals surface area contributed by atoms with E-state index in [0.29, 0.717) is 24.7 Å². The molecule has 0 aromatic heterocycles. The van der Waals surface area contributed by atoms with Crippen LogP contribution in [0.1, 0.15) is 13.8 Å². The van der Waals surface area contributed by atoms with E-state index in [1.54, 1.807) is 6.07 Å². The van der Waals surface area contributed by atoms with E-state index in [9.17, 15) is 4.79 Å². The summed E-state index contributed by atoms with van der Waals surface area (Å²) < 4.78 is 10.7. The van der Waals surface area contributed by atoms with Gasteiger partial charge in [-0.15, -0.1) is 0 Å². The Morgan fingerprint density at radius 2 is 1.81 bits per heavy atom. The Labute approximate surface area is 95.6 Å². The Bertz CT molecular complexity index is 339. The van der Waals surface area contributed by atoms with Crippen LogP contribution in [0, 0.1) is 0 Å². The van der Waals surface area contributed by atoms with Crippen LogP contribution in [0.25, 0.3) is 0 Å². The third kappa shape index (κ3) is 3.81. The van der Waals surface area contributed by atoms with Gasteiger partial charge in [0.1, 0.15) is 0 Å². The molecule has 0 atom stereocenters. The van der Waals surface area contributed by atoms with Crippen molar-refractivity contribution in [2.24, 2.45) is 0 Å². The fraction of sp³-hybridized carbons (Fsp3) is 0.417. The molecule has 1 aromatic rings. The number of nitrogens with one attached hydrogen (secondary N) is 1. The molecule has 0 saturated heterocycles. The van der Waals surface area contributed by atoms with Gasteiger partial charge in [0.05, 0.1) is 6.61 Å². The zero-order valence-electron chi connectivity index (χ0n) is 9.66. The van der Waals surface area contributed by atoms with E-state index in [-0.39, 0.29) is 12.5 Å². The highest BCUT2D eigenvalue weighted by Gasteiger charge is 2.05. The third-order valence-corrected chi connectivity index (χ3v) is 1.88. The van der Waals surface area contributed by atoms with Crippen molar-refractivity contribution in [2.45, 2.75) is 13.8 Å². The first-order chi connectivity index (χ1) is 7.77. The predicted molar refractivity (Wildman–Crippen MR) is 61.8 cm³/mol. The van der Waals surface area contributed by atoms with Gasteiger partial charge >= 0.3 is 0 Å². The Morgan fingerprint density at radius 1 is 1.19 bits per heavy atom. The molecule has 0 aliphatic rings. The number of rotatable bonds is 6. The molecule has 16 heavy (non-hydrogen) atoms. The summed E-state index contributed by atoms with van der Waals surface area (Å²) in [6.45, 7) is 4.96. The second-order valence-corrected chi connectivity index (χ2v) is 3.12. The van der Waals surface area contributed by atoms with Crippen LogP contribution in [0.5, 0.6) is 11.5 Å². The van der Waals surface area contributed by atoms with Crippen LogP contribution in [-0.4, -0.2) is 25.7 Å². The summed E-state index contributed by atoms with van der Waals surface area (Å²) >= 11 is 0. The lowest BCUT2D eigenvalue weighted by Gasteiger charge is -2.10. The molecule has 0 unspecified atom stereocenters. The van der Waals surface area contributed by atoms with Gasteiger partial charge in [0.25, 0.3) is 5.91 Å². The Hall–Kier alpha value is -1.71. The van der Waals surface area contributed by atoms with Crippen LogP contribution >= 0.6 is 0 Å². The van der Waals surface area contributed by atoms with E-state index in [0.717, 1.165) is 0 Å². The van der Waals surface area contributed by atoms with E-state index in [2.05, 4.69) is 5.32 Å². The van der Waals surface area contributed by atoms with Crippen LogP contribution in [0.3, 0.4) is 0 Å². The van der Waals surface area contributed by atoms with Crippen molar-refractivity contribution in [2.75, 3.05) is 19.8 Å². The fourth-order valence-corrected chi connectivity index (χ4v) is 1.24. The quantitative estimate of drug-likeness (QED) is 0.796. The standard InChI is InChI=1S/C12H17NO3/c1-3-13-12(14)9-16-11-8-6-5-7-10(11)15-4-2/h5-8H,3-4,9H2,1-2H3,(H,13,14). The molecular formula is C12H17NO3. The topological polar surface area (TPSA) is 47.6 Å². The molecule has 0 heterocycles. The molecule has 0 spiro atoms. The summed E-state index contributed by atoms with van der Waals surface area (Å²) in [4.78, 5) is 11.2. The number of likely N-dealkylation sites (N-methyl/N-ethyl adjacent to an activating group) is 1. The normalized spacial score (nSPS) is 9.62. The number of hydrogen-bond donors (Lipinski definition) is 1. The predicted octanol–water partition coefficient (Wildman–Crippen LogP) is 1.60. The minimum Gasteiger partial charge on any atom is -0.490 e. The number of para-hydroxylation sites is 2. The smallest absolute Gasteiger partial charge is 0.257 e. The number of carbonyl (C=O) groups excluding carboxylic acids is 1. The molecule has 1 aromatic carbocycles. The maximum absolute atomic E-state index is 11.2. The van der Waals surface area contributed by atoms with Crippen LogP contribution in [0.15, 0.2) is 24.3 Å². The second kappa shape index (κ2) is 6.71. The van der Waals surface area contributed by atoms with Crippen molar-refractivity contribution in [3.05, 3.63) is 24.3 Å². The van der Waals surface area contributed by atoms with Crippen molar-refractivity contribution in [3.8, 4) is 11.5 Å². The molecule has 0 saturated carbocycles. The molecule has 0 fully saturated rings. The van der Waals surface area contributed by atoms with E-state index >= 15 is 0 Å². The first-order valence-electron chi connectivity index (χ1n) is 5.39. The Morgan fingerprint density at radius 3 is 2.38 bits per heavy atom. The monoisotopic (exact) mass is 223 g/mol. The average Bonchev–Trinajstić information content (AvgIpc) is 2.29. The molecule has 4 nitrogen and oxygen atoms in total. The van der Waals surface area contributed by atoms with Gasteiger partial charge in [0, 0.05) is 6.54 Å². The summed E-state index contributed by atoms with van der Waals surface area (Å²) in [5.41, 5.74) is 0. The summed E-state index contributed by atoms with van der Waals surface area (Å²) in [6, 6.07) is 7.31. The average molecular weight is 223 g/mol. The SMILES string of the molecule is CCNC(=O)COc1ccccc1OCC. The van der Waals surface area contributed by atoms with E-state index in [1.165, 1.54) is 0 Å².